The quantitative estimate of drug-likeness (QED) is 0.748. The van der Waals surface area contributed by atoms with Gasteiger partial charge >= 0.3 is 0 Å². The normalized spacial score (nSPS) is 14.5. The van der Waals surface area contributed by atoms with Gasteiger partial charge in [0.25, 0.3) is 5.91 Å². The minimum atomic E-state index is -0.385. The summed E-state index contributed by atoms with van der Waals surface area (Å²) in [6, 6.07) is 11.5. The molecule has 27 heavy (non-hydrogen) atoms. The number of hydrogen-bond acceptors (Lipinski definition) is 3. The summed E-state index contributed by atoms with van der Waals surface area (Å²) in [5, 5.41) is 4.71. The van der Waals surface area contributed by atoms with Gasteiger partial charge in [-0.15, -0.1) is 0 Å². The van der Waals surface area contributed by atoms with Crippen molar-refractivity contribution < 1.29 is 9.18 Å². The van der Waals surface area contributed by atoms with E-state index in [1.807, 2.05) is 19.2 Å². The number of carbonyl (C=O) groups excluding carboxylic acids is 1. The average molecular weight is 385 g/mol. The molecule has 2 aromatic carbocycles. The molecule has 5 nitrogen and oxygen atoms in total. The first-order valence-corrected chi connectivity index (χ1v) is 8.94. The Bertz CT molecular complexity index is 1010. The van der Waals surface area contributed by atoms with Gasteiger partial charge in [0.05, 0.1) is 23.0 Å². The topological polar surface area (TPSA) is 64.2 Å². The molecule has 2 heterocycles. The van der Waals surface area contributed by atoms with Gasteiger partial charge in [0, 0.05) is 31.3 Å². The van der Waals surface area contributed by atoms with Gasteiger partial charge in [0.15, 0.2) is 0 Å². The van der Waals surface area contributed by atoms with Crippen LogP contribution >= 0.6 is 11.6 Å². The van der Waals surface area contributed by atoms with Crippen LogP contribution in [0.1, 0.15) is 27.5 Å². The largest absolute Gasteiger partial charge is 0.328 e. The second kappa shape index (κ2) is 6.79. The Morgan fingerprint density at radius 2 is 2.11 bits per heavy atom. The van der Waals surface area contributed by atoms with Crippen molar-refractivity contribution in [1.82, 2.24) is 14.7 Å². The summed E-state index contributed by atoms with van der Waals surface area (Å²) in [4.78, 5) is 14.6. The number of carbonyl (C=O) groups is 1. The number of fused-ring (bicyclic) bond motifs is 1. The standard InChI is InChI=1S/C20H18ClFN4O/c1-25-19(17(21)10-24-25)13-5-6-16-14(7-13)11-26(20(16)27)18(9-23)12-3-2-4-15(22)8-12/h2-8,10,18H,9,11,23H2,1H3. The molecule has 0 spiro atoms. The average Bonchev–Trinajstić information content (AvgIpc) is 3.15. The molecule has 1 unspecified atom stereocenters. The molecule has 1 aliphatic rings. The number of halogens is 2. The molecule has 0 saturated heterocycles. The fourth-order valence-corrected chi connectivity index (χ4v) is 3.91. The number of benzene rings is 2. The highest BCUT2D eigenvalue weighted by atomic mass is 35.5. The molecule has 0 saturated carbocycles. The molecule has 2 N–H and O–H groups in total. The van der Waals surface area contributed by atoms with Gasteiger partial charge in [-0.25, -0.2) is 4.39 Å². The Morgan fingerprint density at radius 1 is 1.30 bits per heavy atom. The van der Waals surface area contributed by atoms with Gasteiger partial charge in [-0.1, -0.05) is 29.8 Å². The van der Waals surface area contributed by atoms with Crippen LogP contribution in [0.25, 0.3) is 11.3 Å². The molecule has 4 rings (SSSR count). The van der Waals surface area contributed by atoms with Crippen molar-refractivity contribution in [2.75, 3.05) is 6.54 Å². The van der Waals surface area contributed by atoms with E-state index >= 15 is 0 Å². The second-order valence-electron chi connectivity index (χ2n) is 6.58. The van der Waals surface area contributed by atoms with Gasteiger partial charge in [-0.2, -0.15) is 5.10 Å². The summed E-state index contributed by atoms with van der Waals surface area (Å²) >= 11 is 6.24. The van der Waals surface area contributed by atoms with Crippen LogP contribution in [-0.4, -0.2) is 27.1 Å². The van der Waals surface area contributed by atoms with Crippen LogP contribution in [0.2, 0.25) is 5.02 Å². The molecule has 1 aromatic heterocycles. The van der Waals surface area contributed by atoms with Crippen LogP contribution in [0.5, 0.6) is 0 Å². The zero-order valence-electron chi connectivity index (χ0n) is 14.7. The molecular formula is C20H18ClFN4O. The molecule has 0 fully saturated rings. The first-order chi connectivity index (χ1) is 13.0. The Labute approximate surface area is 161 Å². The minimum absolute atomic E-state index is 0.104. The highest BCUT2D eigenvalue weighted by molar-refractivity contribution is 6.33. The molecule has 138 valence electrons. The first kappa shape index (κ1) is 17.7. The maximum absolute atomic E-state index is 13.6. The van der Waals surface area contributed by atoms with E-state index in [0.717, 1.165) is 16.8 Å². The lowest BCUT2D eigenvalue weighted by molar-refractivity contribution is 0.0706. The number of nitrogens with two attached hydrogens (primary N) is 1. The van der Waals surface area contributed by atoms with Crippen LogP contribution in [0.3, 0.4) is 0 Å². The monoisotopic (exact) mass is 384 g/mol. The predicted molar refractivity (Wildman–Crippen MR) is 102 cm³/mol. The number of aromatic nitrogens is 2. The van der Waals surface area contributed by atoms with E-state index in [1.54, 1.807) is 34.0 Å². The number of hydrogen-bond donors (Lipinski definition) is 1. The molecular weight excluding hydrogens is 367 g/mol. The van der Waals surface area contributed by atoms with E-state index in [0.29, 0.717) is 22.7 Å². The highest BCUT2D eigenvalue weighted by Gasteiger charge is 2.33. The fraction of sp³-hybridized carbons (Fsp3) is 0.200. The Morgan fingerprint density at radius 3 is 2.78 bits per heavy atom. The van der Waals surface area contributed by atoms with E-state index in [9.17, 15) is 9.18 Å². The van der Waals surface area contributed by atoms with Gasteiger partial charge in [0.1, 0.15) is 5.82 Å². The van der Waals surface area contributed by atoms with Gasteiger partial charge < -0.3 is 10.6 Å². The molecule has 1 aliphatic heterocycles. The minimum Gasteiger partial charge on any atom is -0.328 e. The lowest BCUT2D eigenvalue weighted by atomic mass is 10.0. The highest BCUT2D eigenvalue weighted by Crippen LogP contribution is 2.35. The van der Waals surface area contributed by atoms with E-state index < -0.39 is 0 Å². The smallest absolute Gasteiger partial charge is 0.255 e. The molecule has 0 radical (unpaired) electrons. The van der Waals surface area contributed by atoms with Gasteiger partial charge in [0.2, 0.25) is 0 Å². The van der Waals surface area contributed by atoms with E-state index in [1.165, 1.54) is 12.1 Å². The summed E-state index contributed by atoms with van der Waals surface area (Å²) in [5.74, 6) is -0.449. The lowest BCUT2D eigenvalue weighted by Crippen LogP contribution is -2.34. The molecule has 1 amide bonds. The maximum atomic E-state index is 13.6. The number of amides is 1. The van der Waals surface area contributed by atoms with E-state index in [-0.39, 0.29) is 24.3 Å². The van der Waals surface area contributed by atoms with Crippen LogP contribution in [0, 0.1) is 5.82 Å². The fourth-order valence-electron chi connectivity index (χ4n) is 3.63. The summed E-state index contributed by atoms with van der Waals surface area (Å²) < 4.78 is 15.3. The summed E-state index contributed by atoms with van der Waals surface area (Å²) in [5.41, 5.74) is 9.84. The van der Waals surface area contributed by atoms with Crippen LogP contribution in [-0.2, 0) is 13.6 Å². The van der Waals surface area contributed by atoms with Crippen LogP contribution in [0.4, 0.5) is 4.39 Å². The van der Waals surface area contributed by atoms with Crippen LogP contribution in [0.15, 0.2) is 48.7 Å². The van der Waals surface area contributed by atoms with Crippen molar-refractivity contribution in [3.8, 4) is 11.3 Å². The van der Waals surface area contributed by atoms with Gasteiger partial charge in [-0.3, -0.25) is 9.48 Å². The molecule has 7 heteroatoms. The third-order valence-corrected chi connectivity index (χ3v) is 5.21. The summed E-state index contributed by atoms with van der Waals surface area (Å²) in [6.45, 7) is 0.624. The van der Waals surface area contributed by atoms with Crippen molar-refractivity contribution in [3.05, 3.63) is 76.2 Å². The summed E-state index contributed by atoms with van der Waals surface area (Å²) in [7, 11) is 1.82. The maximum Gasteiger partial charge on any atom is 0.255 e. The third kappa shape index (κ3) is 3.01. The SMILES string of the molecule is Cn1ncc(Cl)c1-c1ccc2c(c1)CN(C(CN)c1cccc(F)c1)C2=O. The molecule has 3 aromatic rings. The Hall–Kier alpha value is -2.70. The molecule has 1 atom stereocenters. The summed E-state index contributed by atoms with van der Waals surface area (Å²) in [6.07, 6.45) is 1.59. The van der Waals surface area contributed by atoms with Crippen molar-refractivity contribution >= 4 is 17.5 Å². The zero-order valence-corrected chi connectivity index (χ0v) is 15.4. The Kier molecular flexibility index (Phi) is 4.45. The van der Waals surface area contributed by atoms with E-state index in [2.05, 4.69) is 5.10 Å². The molecule has 0 aliphatic carbocycles. The lowest BCUT2D eigenvalue weighted by Gasteiger charge is -2.27. The number of aryl methyl sites for hydroxylation is 1. The Balaban J connectivity index is 1.69. The van der Waals surface area contributed by atoms with Gasteiger partial charge in [-0.05, 0) is 35.4 Å². The van der Waals surface area contributed by atoms with Crippen molar-refractivity contribution in [2.45, 2.75) is 12.6 Å². The van der Waals surface area contributed by atoms with E-state index in [4.69, 9.17) is 17.3 Å². The van der Waals surface area contributed by atoms with Crippen LogP contribution < -0.4 is 5.73 Å². The number of nitrogens with zero attached hydrogens (tertiary/aromatic N) is 3. The number of rotatable bonds is 4. The first-order valence-electron chi connectivity index (χ1n) is 8.57. The third-order valence-electron chi connectivity index (χ3n) is 4.94. The second-order valence-corrected chi connectivity index (χ2v) is 6.98. The zero-order chi connectivity index (χ0) is 19.1. The van der Waals surface area contributed by atoms with Crippen molar-refractivity contribution in [2.24, 2.45) is 12.8 Å². The van der Waals surface area contributed by atoms with Crippen molar-refractivity contribution in [1.29, 1.82) is 0 Å². The van der Waals surface area contributed by atoms with Crippen molar-refractivity contribution in [3.63, 3.8) is 0 Å². The molecule has 0 bridgehead atoms. The predicted octanol–water partition coefficient (Wildman–Crippen LogP) is 3.54.